The average molecular weight is 522 g/mol. The van der Waals surface area contributed by atoms with E-state index < -0.39 is 0 Å². The van der Waals surface area contributed by atoms with E-state index in [0.29, 0.717) is 5.11 Å². The van der Waals surface area contributed by atoms with E-state index in [2.05, 4.69) is 49.5 Å². The summed E-state index contributed by atoms with van der Waals surface area (Å²) in [4.78, 5) is 7.97. The van der Waals surface area contributed by atoms with Crippen molar-refractivity contribution < 1.29 is 4.74 Å². The van der Waals surface area contributed by atoms with Crippen LogP contribution >= 0.6 is 39.5 Å². The maximum absolute atomic E-state index is 6.00. The predicted octanol–water partition coefficient (Wildman–Crippen LogP) is 7.18. The Kier molecular flexibility index (Phi) is 5.95. The number of hydrogen-bond acceptors (Lipinski definition) is 4. The Labute approximate surface area is 205 Å². The van der Waals surface area contributed by atoms with Crippen LogP contribution in [-0.2, 0) is 0 Å². The standard InChI is InChI=1S/C25H20BrN3OS2/c1-16-5-9-19(10-6-16)30-20-11-7-18(8-12-20)29-24(22-14-17(26)15-32-22)23(28-25(29)31)21-4-2-3-13-27-21/h2-15,23-24H,1H3,(H,28,31)/t23-,24+/m0/s1. The summed E-state index contributed by atoms with van der Waals surface area (Å²) < 4.78 is 7.07. The molecule has 1 saturated heterocycles. The molecule has 1 fully saturated rings. The molecular formula is C25H20BrN3OS2. The molecule has 2 atom stereocenters. The van der Waals surface area contributed by atoms with Crippen LogP contribution in [0.5, 0.6) is 11.5 Å². The topological polar surface area (TPSA) is 37.4 Å². The molecule has 0 bridgehead atoms. The number of thiocarbonyl (C=S) groups is 1. The van der Waals surface area contributed by atoms with Gasteiger partial charge in [-0.3, -0.25) is 4.98 Å². The van der Waals surface area contributed by atoms with Crippen molar-refractivity contribution in [2.75, 3.05) is 4.90 Å². The van der Waals surface area contributed by atoms with Gasteiger partial charge in [0.2, 0.25) is 0 Å². The number of halogens is 1. The summed E-state index contributed by atoms with van der Waals surface area (Å²) >= 11 is 11.1. The van der Waals surface area contributed by atoms with E-state index >= 15 is 0 Å². The maximum Gasteiger partial charge on any atom is 0.174 e. The number of benzene rings is 2. The Hall–Kier alpha value is -2.74. The van der Waals surface area contributed by atoms with Crippen molar-refractivity contribution in [2.45, 2.75) is 19.0 Å². The van der Waals surface area contributed by atoms with Crippen molar-refractivity contribution in [1.82, 2.24) is 10.3 Å². The van der Waals surface area contributed by atoms with Gasteiger partial charge in [0.25, 0.3) is 0 Å². The quantitative estimate of drug-likeness (QED) is 0.281. The smallest absolute Gasteiger partial charge is 0.174 e. The van der Waals surface area contributed by atoms with E-state index in [1.165, 1.54) is 10.4 Å². The molecule has 1 N–H and O–H groups in total. The van der Waals surface area contributed by atoms with Crippen molar-refractivity contribution >= 4 is 50.3 Å². The van der Waals surface area contributed by atoms with Crippen LogP contribution in [-0.4, -0.2) is 10.1 Å². The lowest BCUT2D eigenvalue weighted by Gasteiger charge is -2.27. The molecule has 1 aliphatic heterocycles. The Balaban J connectivity index is 1.46. The molecule has 1 aliphatic rings. The molecule has 32 heavy (non-hydrogen) atoms. The van der Waals surface area contributed by atoms with Crippen molar-refractivity contribution in [1.29, 1.82) is 0 Å². The van der Waals surface area contributed by atoms with E-state index in [0.717, 1.165) is 27.4 Å². The van der Waals surface area contributed by atoms with Crippen LogP contribution in [0.4, 0.5) is 5.69 Å². The number of aromatic nitrogens is 1. The van der Waals surface area contributed by atoms with Crippen LogP contribution in [0.3, 0.4) is 0 Å². The molecular weight excluding hydrogens is 502 g/mol. The molecule has 160 valence electrons. The lowest BCUT2D eigenvalue weighted by atomic mass is 10.0. The van der Waals surface area contributed by atoms with Gasteiger partial charge in [-0.2, -0.15) is 0 Å². The predicted molar refractivity (Wildman–Crippen MR) is 138 cm³/mol. The maximum atomic E-state index is 6.00. The van der Waals surface area contributed by atoms with Gasteiger partial charge >= 0.3 is 0 Å². The van der Waals surface area contributed by atoms with Crippen molar-refractivity contribution in [3.63, 3.8) is 0 Å². The van der Waals surface area contributed by atoms with Gasteiger partial charge in [0.15, 0.2) is 5.11 Å². The van der Waals surface area contributed by atoms with Gasteiger partial charge in [-0.25, -0.2) is 0 Å². The highest BCUT2D eigenvalue weighted by atomic mass is 79.9. The van der Waals surface area contributed by atoms with Crippen LogP contribution in [0.2, 0.25) is 0 Å². The SMILES string of the molecule is Cc1ccc(Oc2ccc(N3C(=S)N[C@@H](c4ccccn4)[C@H]3c3cc(Br)cs3)cc2)cc1. The zero-order valence-electron chi connectivity index (χ0n) is 17.2. The number of rotatable bonds is 5. The lowest BCUT2D eigenvalue weighted by molar-refractivity contribution is 0.482. The normalized spacial score (nSPS) is 17.9. The van der Waals surface area contributed by atoms with E-state index in [1.54, 1.807) is 11.3 Å². The summed E-state index contributed by atoms with van der Waals surface area (Å²) in [5, 5.41) is 6.27. The van der Waals surface area contributed by atoms with E-state index in [4.69, 9.17) is 17.0 Å². The first-order valence-corrected chi connectivity index (χ1v) is 12.3. The highest BCUT2D eigenvalue weighted by molar-refractivity contribution is 9.10. The number of anilines is 1. The molecule has 2 aromatic carbocycles. The summed E-state index contributed by atoms with van der Waals surface area (Å²) in [7, 11) is 0. The summed E-state index contributed by atoms with van der Waals surface area (Å²) in [6, 6.07) is 24.2. The molecule has 0 unspecified atom stereocenters. The largest absolute Gasteiger partial charge is 0.457 e. The molecule has 0 amide bonds. The van der Waals surface area contributed by atoms with Gasteiger partial charge in [-0.15, -0.1) is 11.3 Å². The number of thiophene rings is 1. The molecule has 0 aliphatic carbocycles. The minimum Gasteiger partial charge on any atom is -0.457 e. The van der Waals surface area contributed by atoms with Gasteiger partial charge in [-0.05, 0) is 89.7 Å². The highest BCUT2D eigenvalue weighted by Crippen LogP contribution is 2.44. The average Bonchev–Trinajstić information content (AvgIpc) is 3.39. The van der Waals surface area contributed by atoms with Gasteiger partial charge in [0.1, 0.15) is 11.5 Å². The van der Waals surface area contributed by atoms with Gasteiger partial charge in [0, 0.05) is 26.6 Å². The molecule has 0 saturated carbocycles. The molecule has 4 nitrogen and oxygen atoms in total. The van der Waals surface area contributed by atoms with Crippen LogP contribution in [0.1, 0.15) is 28.2 Å². The minimum absolute atomic E-state index is 0.00225. The zero-order chi connectivity index (χ0) is 22.1. The molecule has 4 aromatic rings. The lowest BCUT2D eigenvalue weighted by Crippen LogP contribution is -2.28. The Morgan fingerprint density at radius 3 is 2.38 bits per heavy atom. The van der Waals surface area contributed by atoms with Gasteiger partial charge in [0.05, 0.1) is 17.8 Å². The fourth-order valence-corrected chi connectivity index (χ4v) is 5.74. The Morgan fingerprint density at radius 2 is 1.75 bits per heavy atom. The highest BCUT2D eigenvalue weighted by Gasteiger charge is 2.41. The first-order chi connectivity index (χ1) is 15.6. The minimum atomic E-state index is -0.0438. The summed E-state index contributed by atoms with van der Waals surface area (Å²) in [5.41, 5.74) is 3.18. The number of ether oxygens (including phenoxy) is 1. The van der Waals surface area contributed by atoms with E-state index in [-0.39, 0.29) is 12.1 Å². The van der Waals surface area contributed by atoms with Crippen LogP contribution in [0, 0.1) is 6.92 Å². The molecule has 0 spiro atoms. The van der Waals surface area contributed by atoms with Crippen LogP contribution in [0.25, 0.3) is 0 Å². The number of hydrogen-bond donors (Lipinski definition) is 1. The fourth-order valence-electron chi connectivity index (χ4n) is 3.82. The Bertz CT molecular complexity index is 1230. The molecule has 3 heterocycles. The van der Waals surface area contributed by atoms with Crippen LogP contribution < -0.4 is 15.0 Å². The van der Waals surface area contributed by atoms with Crippen molar-refractivity contribution in [3.8, 4) is 11.5 Å². The number of nitrogens with one attached hydrogen (secondary N) is 1. The van der Waals surface area contributed by atoms with Gasteiger partial charge in [-0.1, -0.05) is 23.8 Å². The molecule has 7 heteroatoms. The molecule has 2 aromatic heterocycles. The molecule has 0 radical (unpaired) electrons. The third-order valence-corrected chi connectivity index (χ3v) is 7.43. The second-order valence-corrected chi connectivity index (χ2v) is 9.82. The fraction of sp³-hybridized carbons (Fsp3) is 0.120. The van der Waals surface area contributed by atoms with Gasteiger partial charge < -0.3 is 15.0 Å². The second-order valence-electron chi connectivity index (χ2n) is 7.57. The van der Waals surface area contributed by atoms with Crippen molar-refractivity contribution in [3.05, 3.63) is 105 Å². The number of aryl methyl sites for hydroxylation is 1. The monoisotopic (exact) mass is 521 g/mol. The first kappa shape index (κ1) is 21.1. The van der Waals surface area contributed by atoms with E-state index in [9.17, 15) is 0 Å². The molecule has 5 rings (SSSR count). The summed E-state index contributed by atoms with van der Waals surface area (Å²) in [6.07, 6.45) is 1.82. The second kappa shape index (κ2) is 9.02. The summed E-state index contributed by atoms with van der Waals surface area (Å²) in [6.45, 7) is 2.06. The Morgan fingerprint density at radius 1 is 1.03 bits per heavy atom. The van der Waals surface area contributed by atoms with Crippen molar-refractivity contribution in [2.24, 2.45) is 0 Å². The van der Waals surface area contributed by atoms with Crippen LogP contribution in [0.15, 0.2) is 88.8 Å². The third-order valence-electron chi connectivity index (χ3n) is 5.35. The number of pyridine rings is 1. The zero-order valence-corrected chi connectivity index (χ0v) is 20.5. The van der Waals surface area contributed by atoms with E-state index in [1.807, 2.05) is 72.9 Å². The number of nitrogens with zero attached hydrogens (tertiary/aromatic N) is 2. The summed E-state index contributed by atoms with van der Waals surface area (Å²) in [5.74, 6) is 1.60. The first-order valence-electron chi connectivity index (χ1n) is 10.2. The third kappa shape index (κ3) is 4.28.